The van der Waals surface area contributed by atoms with Crippen molar-refractivity contribution in [3.8, 4) is 0 Å². The summed E-state index contributed by atoms with van der Waals surface area (Å²) in [7, 11) is 0. The molecule has 1 heterocycles. The first-order chi connectivity index (χ1) is 9.91. The van der Waals surface area contributed by atoms with Gasteiger partial charge in [0.05, 0.1) is 12.7 Å². The predicted octanol–water partition coefficient (Wildman–Crippen LogP) is 3.37. The Morgan fingerprint density at radius 1 is 1.29 bits per heavy atom. The van der Waals surface area contributed by atoms with E-state index in [0.29, 0.717) is 6.54 Å². The number of halogens is 3. The highest BCUT2D eigenvalue weighted by molar-refractivity contribution is 5.25. The van der Waals surface area contributed by atoms with Gasteiger partial charge in [0.2, 0.25) is 0 Å². The Kier molecular flexibility index (Phi) is 4.67. The van der Waals surface area contributed by atoms with Crippen LogP contribution in [0.25, 0.3) is 0 Å². The smallest absolute Gasteiger partial charge is 0.313 e. The molecular formula is C15H18F3N3. The Morgan fingerprint density at radius 2 is 2.05 bits per heavy atom. The first kappa shape index (κ1) is 15.6. The lowest BCUT2D eigenvalue weighted by Crippen LogP contribution is -2.20. The number of aryl methyl sites for hydroxylation is 1. The topological polar surface area (TPSA) is 29.9 Å². The number of hydrogen-bond donors (Lipinski definition) is 1. The highest BCUT2D eigenvalue weighted by Gasteiger charge is 2.37. The molecule has 0 unspecified atom stereocenters. The normalized spacial score (nSPS) is 11.9. The predicted molar refractivity (Wildman–Crippen MR) is 74.9 cm³/mol. The van der Waals surface area contributed by atoms with Crippen molar-refractivity contribution in [3.05, 3.63) is 52.8 Å². The van der Waals surface area contributed by atoms with Crippen LogP contribution in [-0.2, 0) is 19.3 Å². The van der Waals surface area contributed by atoms with Crippen molar-refractivity contribution >= 4 is 0 Å². The van der Waals surface area contributed by atoms with Gasteiger partial charge in [0.25, 0.3) is 0 Å². The summed E-state index contributed by atoms with van der Waals surface area (Å²) in [5.74, 6) is 0. The third-order valence-electron chi connectivity index (χ3n) is 3.16. The average Bonchev–Trinajstić information content (AvgIpc) is 2.79. The van der Waals surface area contributed by atoms with Crippen LogP contribution in [0, 0.1) is 6.92 Å². The second kappa shape index (κ2) is 6.30. The van der Waals surface area contributed by atoms with Gasteiger partial charge < -0.3 is 5.32 Å². The molecule has 0 radical (unpaired) electrons. The van der Waals surface area contributed by atoms with Crippen LogP contribution in [0.5, 0.6) is 0 Å². The van der Waals surface area contributed by atoms with E-state index in [-0.39, 0.29) is 18.7 Å². The maximum Gasteiger partial charge on any atom is 0.433 e. The molecule has 2 rings (SSSR count). The standard InChI is InChI=1S/C15H18F3N3/c1-3-19-8-13-9-20-21(14(13)15(16,17)18)10-12-6-4-5-11(2)7-12/h4-7,9,19H,3,8,10H2,1-2H3. The van der Waals surface area contributed by atoms with Gasteiger partial charge in [-0.1, -0.05) is 36.8 Å². The molecule has 2 aromatic rings. The van der Waals surface area contributed by atoms with Gasteiger partial charge in [-0.15, -0.1) is 0 Å². The summed E-state index contributed by atoms with van der Waals surface area (Å²) < 4.78 is 40.8. The van der Waals surface area contributed by atoms with Crippen LogP contribution in [0.4, 0.5) is 13.2 Å². The van der Waals surface area contributed by atoms with Crippen molar-refractivity contribution in [2.75, 3.05) is 6.54 Å². The number of nitrogens with one attached hydrogen (secondary N) is 1. The molecule has 0 amide bonds. The summed E-state index contributed by atoms with van der Waals surface area (Å²) in [6, 6.07) is 7.42. The highest BCUT2D eigenvalue weighted by Crippen LogP contribution is 2.32. The van der Waals surface area contributed by atoms with Crippen molar-refractivity contribution < 1.29 is 13.2 Å². The molecule has 0 aliphatic rings. The summed E-state index contributed by atoms with van der Waals surface area (Å²) in [5.41, 5.74) is 1.32. The average molecular weight is 297 g/mol. The van der Waals surface area contributed by atoms with E-state index in [1.54, 1.807) is 6.07 Å². The highest BCUT2D eigenvalue weighted by atomic mass is 19.4. The summed E-state index contributed by atoms with van der Waals surface area (Å²) in [5, 5.41) is 6.83. The van der Waals surface area contributed by atoms with Gasteiger partial charge in [0, 0.05) is 12.1 Å². The molecule has 1 aromatic heterocycles. The number of aromatic nitrogens is 2. The van der Waals surface area contributed by atoms with Crippen molar-refractivity contribution in [2.24, 2.45) is 0 Å². The molecule has 0 aliphatic heterocycles. The minimum Gasteiger partial charge on any atom is -0.313 e. The van der Waals surface area contributed by atoms with Crippen LogP contribution < -0.4 is 5.32 Å². The van der Waals surface area contributed by atoms with Crippen LogP contribution in [0.15, 0.2) is 30.5 Å². The lowest BCUT2D eigenvalue weighted by Gasteiger charge is -2.13. The zero-order valence-corrected chi connectivity index (χ0v) is 12.0. The van der Waals surface area contributed by atoms with E-state index in [4.69, 9.17) is 0 Å². The third kappa shape index (κ3) is 3.85. The lowest BCUT2D eigenvalue weighted by atomic mass is 10.1. The van der Waals surface area contributed by atoms with Crippen LogP contribution >= 0.6 is 0 Å². The maximum atomic E-state index is 13.3. The summed E-state index contributed by atoms with van der Waals surface area (Å²) in [6.45, 7) is 4.65. The number of nitrogens with zero attached hydrogens (tertiary/aromatic N) is 2. The van der Waals surface area contributed by atoms with E-state index >= 15 is 0 Å². The lowest BCUT2D eigenvalue weighted by molar-refractivity contribution is -0.144. The number of alkyl halides is 3. The second-order valence-corrected chi connectivity index (χ2v) is 4.94. The van der Waals surface area contributed by atoms with Crippen LogP contribution in [0.3, 0.4) is 0 Å². The van der Waals surface area contributed by atoms with E-state index in [1.165, 1.54) is 6.20 Å². The molecule has 3 nitrogen and oxygen atoms in total. The van der Waals surface area contributed by atoms with Crippen LogP contribution in [-0.4, -0.2) is 16.3 Å². The Hall–Kier alpha value is -1.82. The van der Waals surface area contributed by atoms with Gasteiger partial charge >= 0.3 is 6.18 Å². The van der Waals surface area contributed by atoms with Gasteiger partial charge in [-0.05, 0) is 19.0 Å². The first-order valence-electron chi connectivity index (χ1n) is 6.80. The quantitative estimate of drug-likeness (QED) is 0.917. The number of hydrogen-bond acceptors (Lipinski definition) is 2. The minimum absolute atomic E-state index is 0.114. The van der Waals surface area contributed by atoms with Gasteiger partial charge in [0.1, 0.15) is 5.69 Å². The Labute approximate surface area is 121 Å². The van der Waals surface area contributed by atoms with E-state index in [9.17, 15) is 13.2 Å². The van der Waals surface area contributed by atoms with Gasteiger partial charge in [0.15, 0.2) is 0 Å². The monoisotopic (exact) mass is 297 g/mol. The zero-order valence-electron chi connectivity index (χ0n) is 12.0. The Morgan fingerprint density at radius 3 is 2.67 bits per heavy atom. The number of benzene rings is 1. The molecule has 0 spiro atoms. The molecule has 1 aromatic carbocycles. The van der Waals surface area contributed by atoms with Crippen LogP contribution in [0.1, 0.15) is 29.3 Å². The van der Waals surface area contributed by atoms with Crippen molar-refractivity contribution in [3.63, 3.8) is 0 Å². The van der Waals surface area contributed by atoms with Crippen molar-refractivity contribution in [1.29, 1.82) is 0 Å². The van der Waals surface area contributed by atoms with Crippen molar-refractivity contribution in [2.45, 2.75) is 33.1 Å². The zero-order chi connectivity index (χ0) is 15.5. The Balaban J connectivity index is 2.33. The summed E-state index contributed by atoms with van der Waals surface area (Å²) in [6.07, 6.45) is -3.12. The van der Waals surface area contributed by atoms with Gasteiger partial charge in [-0.2, -0.15) is 18.3 Å². The molecule has 0 fully saturated rings. The minimum atomic E-state index is -4.41. The molecule has 0 saturated carbocycles. The van der Waals surface area contributed by atoms with Gasteiger partial charge in [-0.3, -0.25) is 4.68 Å². The SMILES string of the molecule is CCNCc1cnn(Cc2cccc(C)c2)c1C(F)(F)F. The fraction of sp³-hybridized carbons (Fsp3) is 0.400. The largest absolute Gasteiger partial charge is 0.433 e. The summed E-state index contributed by atoms with van der Waals surface area (Å²) in [4.78, 5) is 0. The maximum absolute atomic E-state index is 13.3. The van der Waals surface area contributed by atoms with E-state index in [2.05, 4.69) is 10.4 Å². The molecule has 0 bridgehead atoms. The number of rotatable bonds is 5. The first-order valence-corrected chi connectivity index (χ1v) is 6.80. The molecule has 21 heavy (non-hydrogen) atoms. The molecule has 114 valence electrons. The van der Waals surface area contributed by atoms with E-state index in [0.717, 1.165) is 15.8 Å². The molecule has 6 heteroatoms. The summed E-state index contributed by atoms with van der Waals surface area (Å²) >= 11 is 0. The molecule has 1 N–H and O–H groups in total. The fourth-order valence-electron chi connectivity index (χ4n) is 2.24. The van der Waals surface area contributed by atoms with E-state index in [1.807, 2.05) is 32.0 Å². The van der Waals surface area contributed by atoms with Crippen molar-refractivity contribution in [1.82, 2.24) is 15.1 Å². The van der Waals surface area contributed by atoms with Crippen LogP contribution in [0.2, 0.25) is 0 Å². The second-order valence-electron chi connectivity index (χ2n) is 4.94. The molecule has 0 aliphatic carbocycles. The molecule has 0 atom stereocenters. The third-order valence-corrected chi connectivity index (χ3v) is 3.16. The Bertz CT molecular complexity index is 602. The fourth-order valence-corrected chi connectivity index (χ4v) is 2.24. The molecule has 0 saturated heterocycles. The molecular weight excluding hydrogens is 279 g/mol. The van der Waals surface area contributed by atoms with Gasteiger partial charge in [-0.25, -0.2) is 0 Å². The van der Waals surface area contributed by atoms with E-state index < -0.39 is 11.9 Å².